The summed E-state index contributed by atoms with van der Waals surface area (Å²) in [7, 11) is 0. The van der Waals surface area contributed by atoms with Gasteiger partial charge in [0.2, 0.25) is 5.91 Å². The molecule has 1 N–H and O–H groups in total. The van der Waals surface area contributed by atoms with Crippen molar-refractivity contribution in [2.45, 2.75) is 43.9 Å². The maximum Gasteiger partial charge on any atom is 0.230 e. The smallest absolute Gasteiger partial charge is 0.230 e. The Labute approximate surface area is 137 Å². The minimum atomic E-state index is -0.318. The summed E-state index contributed by atoms with van der Waals surface area (Å²) in [5.41, 5.74) is 0.783. The molecule has 0 radical (unpaired) electrons. The van der Waals surface area contributed by atoms with Crippen molar-refractivity contribution in [3.8, 4) is 0 Å². The number of halogens is 1. The van der Waals surface area contributed by atoms with Crippen LogP contribution in [0.3, 0.4) is 0 Å². The van der Waals surface area contributed by atoms with E-state index >= 15 is 0 Å². The molecule has 22 heavy (non-hydrogen) atoms. The number of hydrogen-bond donors (Lipinski definition) is 1. The third-order valence-corrected chi connectivity index (χ3v) is 5.39. The van der Waals surface area contributed by atoms with Gasteiger partial charge in [0, 0.05) is 24.8 Å². The Morgan fingerprint density at radius 2 is 2.09 bits per heavy atom. The van der Waals surface area contributed by atoms with Gasteiger partial charge in [-0.1, -0.05) is 30.2 Å². The van der Waals surface area contributed by atoms with Gasteiger partial charge in [-0.15, -0.1) is 0 Å². The predicted octanol–water partition coefficient (Wildman–Crippen LogP) is 3.69. The van der Waals surface area contributed by atoms with Crippen LogP contribution in [-0.4, -0.2) is 25.7 Å². The Morgan fingerprint density at radius 3 is 2.68 bits per heavy atom. The highest BCUT2D eigenvalue weighted by molar-refractivity contribution is 6.30. The molecule has 1 heterocycles. The van der Waals surface area contributed by atoms with Crippen molar-refractivity contribution in [2.24, 2.45) is 5.92 Å². The molecule has 1 amide bonds. The first-order valence-electron chi connectivity index (χ1n) is 8.33. The predicted molar refractivity (Wildman–Crippen MR) is 88.2 cm³/mol. The zero-order chi connectivity index (χ0) is 15.4. The summed E-state index contributed by atoms with van der Waals surface area (Å²) >= 11 is 5.96. The maximum atomic E-state index is 12.7. The van der Waals surface area contributed by atoms with Crippen LogP contribution in [0.1, 0.15) is 44.1 Å². The Hall–Kier alpha value is -1.06. The molecule has 0 aromatic heterocycles. The molecule has 1 saturated carbocycles. The highest BCUT2D eigenvalue weighted by atomic mass is 35.5. The molecule has 1 aliphatic carbocycles. The van der Waals surface area contributed by atoms with E-state index in [4.69, 9.17) is 16.3 Å². The van der Waals surface area contributed by atoms with Gasteiger partial charge in [-0.2, -0.15) is 0 Å². The van der Waals surface area contributed by atoms with Gasteiger partial charge in [0.25, 0.3) is 0 Å². The van der Waals surface area contributed by atoms with Crippen molar-refractivity contribution in [3.05, 3.63) is 34.9 Å². The van der Waals surface area contributed by atoms with E-state index in [1.807, 2.05) is 24.3 Å². The number of amides is 1. The summed E-state index contributed by atoms with van der Waals surface area (Å²) in [6.45, 7) is 2.56. The number of nitrogens with one attached hydrogen (secondary N) is 1. The fraction of sp³-hybridized carbons (Fsp3) is 0.611. The second kappa shape index (κ2) is 7.01. The Bertz CT molecular complexity index is 504. The van der Waals surface area contributed by atoms with E-state index in [0.29, 0.717) is 5.92 Å². The topological polar surface area (TPSA) is 38.3 Å². The lowest BCUT2D eigenvalue weighted by Crippen LogP contribution is -2.49. The van der Waals surface area contributed by atoms with Gasteiger partial charge < -0.3 is 10.1 Å². The van der Waals surface area contributed by atoms with Crippen LogP contribution in [0.4, 0.5) is 0 Å². The van der Waals surface area contributed by atoms with Crippen LogP contribution < -0.4 is 5.32 Å². The van der Waals surface area contributed by atoms with Gasteiger partial charge in [0.15, 0.2) is 0 Å². The summed E-state index contributed by atoms with van der Waals surface area (Å²) in [5.74, 6) is 0.870. The third-order valence-electron chi connectivity index (χ3n) is 5.14. The molecular weight excluding hydrogens is 298 g/mol. The number of benzene rings is 1. The minimum absolute atomic E-state index is 0.184. The second-order valence-corrected chi connectivity index (χ2v) is 7.01. The van der Waals surface area contributed by atoms with Crippen LogP contribution in [0, 0.1) is 5.92 Å². The number of hydrogen-bond acceptors (Lipinski definition) is 2. The average Bonchev–Trinajstić information content (AvgIpc) is 2.98. The standard InChI is InChI=1S/C18H24ClNO2/c19-16-6-4-15(5-7-16)18(9-2-10-18)17(21)20-11-1-3-14-8-12-22-13-14/h4-7,14H,1-3,8-13H2,(H,20,21). The first kappa shape index (κ1) is 15.8. The average molecular weight is 322 g/mol. The van der Waals surface area contributed by atoms with E-state index in [9.17, 15) is 4.79 Å². The molecule has 2 aliphatic rings. The molecule has 4 heteroatoms. The molecule has 1 aliphatic heterocycles. The monoisotopic (exact) mass is 321 g/mol. The van der Waals surface area contributed by atoms with Crippen molar-refractivity contribution in [2.75, 3.05) is 19.8 Å². The fourth-order valence-corrected chi connectivity index (χ4v) is 3.64. The summed E-state index contributed by atoms with van der Waals surface area (Å²) < 4.78 is 5.39. The number of carbonyl (C=O) groups is 1. The number of ether oxygens (including phenoxy) is 1. The highest BCUT2D eigenvalue weighted by Crippen LogP contribution is 2.44. The molecule has 3 rings (SSSR count). The van der Waals surface area contributed by atoms with Crippen molar-refractivity contribution in [1.82, 2.24) is 5.32 Å². The van der Waals surface area contributed by atoms with Crippen LogP contribution in [0.25, 0.3) is 0 Å². The SMILES string of the molecule is O=C(NCCCC1CCOC1)C1(c2ccc(Cl)cc2)CCC1. The lowest BCUT2D eigenvalue weighted by Gasteiger charge is -2.40. The normalized spacial score (nSPS) is 23.0. The van der Waals surface area contributed by atoms with E-state index in [0.717, 1.165) is 62.4 Å². The molecule has 120 valence electrons. The quantitative estimate of drug-likeness (QED) is 0.811. The Morgan fingerprint density at radius 1 is 1.32 bits per heavy atom. The second-order valence-electron chi connectivity index (χ2n) is 6.57. The Balaban J connectivity index is 1.52. The van der Waals surface area contributed by atoms with Gasteiger partial charge in [0.05, 0.1) is 5.41 Å². The molecule has 0 bridgehead atoms. The molecule has 2 fully saturated rings. The first-order valence-corrected chi connectivity index (χ1v) is 8.71. The summed E-state index contributed by atoms with van der Waals surface area (Å²) in [4.78, 5) is 12.7. The summed E-state index contributed by atoms with van der Waals surface area (Å²) in [5, 5.41) is 3.87. The van der Waals surface area contributed by atoms with E-state index in [1.165, 1.54) is 6.42 Å². The first-order chi connectivity index (χ1) is 10.7. The zero-order valence-electron chi connectivity index (χ0n) is 12.9. The molecule has 1 saturated heterocycles. The number of rotatable bonds is 6. The van der Waals surface area contributed by atoms with Gasteiger partial charge >= 0.3 is 0 Å². The van der Waals surface area contributed by atoms with E-state index in [2.05, 4.69) is 5.32 Å². The van der Waals surface area contributed by atoms with Crippen LogP contribution in [0.5, 0.6) is 0 Å². The van der Waals surface area contributed by atoms with E-state index in [-0.39, 0.29) is 11.3 Å². The van der Waals surface area contributed by atoms with E-state index in [1.54, 1.807) is 0 Å². The number of carbonyl (C=O) groups excluding carboxylic acids is 1. The largest absolute Gasteiger partial charge is 0.381 e. The minimum Gasteiger partial charge on any atom is -0.381 e. The highest BCUT2D eigenvalue weighted by Gasteiger charge is 2.45. The Kier molecular flexibility index (Phi) is 5.04. The van der Waals surface area contributed by atoms with Crippen molar-refractivity contribution < 1.29 is 9.53 Å². The van der Waals surface area contributed by atoms with Gasteiger partial charge in [-0.3, -0.25) is 4.79 Å². The molecule has 1 aromatic rings. The summed E-state index contributed by atoms with van der Waals surface area (Å²) in [6, 6.07) is 7.75. The van der Waals surface area contributed by atoms with Crippen LogP contribution >= 0.6 is 11.6 Å². The summed E-state index contributed by atoms with van der Waals surface area (Å²) in [6.07, 6.45) is 6.36. The van der Waals surface area contributed by atoms with Gasteiger partial charge in [-0.25, -0.2) is 0 Å². The maximum absolute atomic E-state index is 12.7. The van der Waals surface area contributed by atoms with Crippen LogP contribution in [0.2, 0.25) is 5.02 Å². The lowest BCUT2D eigenvalue weighted by atomic mass is 9.64. The van der Waals surface area contributed by atoms with Crippen molar-refractivity contribution >= 4 is 17.5 Å². The lowest BCUT2D eigenvalue weighted by molar-refractivity contribution is -0.129. The molecule has 1 aromatic carbocycles. The molecule has 0 spiro atoms. The van der Waals surface area contributed by atoms with Crippen molar-refractivity contribution in [3.63, 3.8) is 0 Å². The van der Waals surface area contributed by atoms with Crippen molar-refractivity contribution in [1.29, 1.82) is 0 Å². The third kappa shape index (κ3) is 3.31. The van der Waals surface area contributed by atoms with E-state index < -0.39 is 0 Å². The molecule has 3 nitrogen and oxygen atoms in total. The van der Waals surface area contributed by atoms with Gasteiger partial charge in [0.1, 0.15) is 0 Å². The van der Waals surface area contributed by atoms with Gasteiger partial charge in [-0.05, 0) is 55.7 Å². The fourth-order valence-electron chi connectivity index (χ4n) is 3.52. The molecule has 1 atom stereocenters. The molecule has 1 unspecified atom stereocenters. The zero-order valence-corrected chi connectivity index (χ0v) is 13.7. The molecular formula is C18H24ClNO2. The van der Waals surface area contributed by atoms with Crippen LogP contribution in [0.15, 0.2) is 24.3 Å². The van der Waals surface area contributed by atoms with Crippen LogP contribution in [-0.2, 0) is 14.9 Å².